The van der Waals surface area contributed by atoms with E-state index >= 15 is 4.39 Å². The van der Waals surface area contributed by atoms with Crippen molar-refractivity contribution in [3.05, 3.63) is 169 Å². The third-order valence-corrected chi connectivity index (χ3v) is 8.91. The van der Waals surface area contributed by atoms with Gasteiger partial charge < -0.3 is 4.57 Å². The lowest BCUT2D eigenvalue weighted by molar-refractivity contribution is 0.402. The number of alkyl halides is 1. The van der Waals surface area contributed by atoms with Crippen molar-refractivity contribution in [1.82, 2.24) is 19.1 Å². The van der Waals surface area contributed by atoms with Crippen molar-refractivity contribution in [3.8, 4) is 22.8 Å². The van der Waals surface area contributed by atoms with Crippen LogP contribution in [0.5, 0.6) is 0 Å². The monoisotopic (exact) mass is 594 g/mol. The number of hydrogen-bond donors (Lipinski definition) is 0. The van der Waals surface area contributed by atoms with E-state index in [0.717, 1.165) is 66.4 Å². The number of para-hydroxylation sites is 2. The molecule has 0 spiro atoms. The number of hydrogen-bond acceptors (Lipinski definition) is 2. The highest BCUT2D eigenvalue weighted by molar-refractivity contribution is 6.26. The van der Waals surface area contributed by atoms with Gasteiger partial charge in [-0.3, -0.25) is 9.55 Å². The fourth-order valence-corrected chi connectivity index (χ4v) is 6.89. The van der Waals surface area contributed by atoms with Gasteiger partial charge in [-0.25, -0.2) is 9.37 Å². The fraction of sp³-hybridized carbons (Fsp3) is 0.0244. The summed E-state index contributed by atoms with van der Waals surface area (Å²) in [6, 6.07) is 48.7. The molecule has 4 nitrogen and oxygen atoms in total. The van der Waals surface area contributed by atoms with Gasteiger partial charge in [-0.15, -0.1) is 0 Å². The van der Waals surface area contributed by atoms with E-state index in [9.17, 15) is 0 Å². The van der Waals surface area contributed by atoms with Gasteiger partial charge in [-0.05, 0) is 71.8 Å². The molecule has 5 aromatic carbocycles. The summed E-state index contributed by atoms with van der Waals surface area (Å²) in [5, 5.41) is 4.45. The summed E-state index contributed by atoms with van der Waals surface area (Å²) in [6.07, 6.45) is 2.25. The van der Waals surface area contributed by atoms with Gasteiger partial charge in [0.2, 0.25) is 0 Å². The normalized spacial score (nSPS) is 12.4. The molecule has 0 aliphatic rings. The van der Waals surface area contributed by atoms with E-state index in [1.807, 2.05) is 85.1 Å². The molecule has 1 atom stereocenters. The summed E-state index contributed by atoms with van der Waals surface area (Å²) in [5.74, 6) is 0.788. The van der Waals surface area contributed by atoms with E-state index in [1.54, 1.807) is 6.20 Å². The smallest absolute Gasteiger partial charge is 0.150 e. The summed E-state index contributed by atoms with van der Waals surface area (Å²) in [6.45, 7) is 0. The van der Waals surface area contributed by atoms with E-state index in [1.165, 1.54) is 0 Å². The van der Waals surface area contributed by atoms with Crippen molar-refractivity contribution in [1.29, 1.82) is 0 Å². The summed E-state index contributed by atoms with van der Waals surface area (Å²) < 4.78 is 21.0. The molecule has 0 saturated heterocycles. The van der Waals surface area contributed by atoms with Gasteiger partial charge in [0.05, 0.1) is 27.8 Å². The van der Waals surface area contributed by atoms with Crippen LogP contribution in [0.2, 0.25) is 0 Å². The summed E-state index contributed by atoms with van der Waals surface area (Å²) in [4.78, 5) is 9.27. The number of fused-ring (bicyclic) bond motifs is 7. The predicted octanol–water partition coefficient (Wildman–Crippen LogP) is 10.4. The number of rotatable bonds is 5. The summed E-state index contributed by atoms with van der Waals surface area (Å²) in [7, 11) is 0. The van der Waals surface area contributed by atoms with Crippen LogP contribution in [-0.4, -0.2) is 19.1 Å². The first-order valence-corrected chi connectivity index (χ1v) is 15.4. The number of pyridine rings is 2. The number of aromatic nitrogens is 4. The minimum atomic E-state index is -1.32. The lowest BCUT2D eigenvalue weighted by atomic mass is 9.98. The lowest BCUT2D eigenvalue weighted by Gasteiger charge is -2.12. The second-order valence-corrected chi connectivity index (χ2v) is 11.5. The zero-order chi connectivity index (χ0) is 30.6. The molecule has 46 heavy (non-hydrogen) atoms. The van der Waals surface area contributed by atoms with Crippen LogP contribution >= 0.6 is 0 Å². The Balaban J connectivity index is 1.32. The summed E-state index contributed by atoms with van der Waals surface area (Å²) >= 11 is 0. The van der Waals surface area contributed by atoms with E-state index in [4.69, 9.17) is 4.98 Å². The van der Waals surface area contributed by atoms with Gasteiger partial charge >= 0.3 is 0 Å². The molecule has 0 amide bonds. The summed E-state index contributed by atoms with van der Waals surface area (Å²) in [5.41, 5.74) is 8.21. The largest absolute Gasteiger partial charge is 0.309 e. The Hall–Kier alpha value is -6.07. The lowest BCUT2D eigenvalue weighted by Crippen LogP contribution is -1.99. The van der Waals surface area contributed by atoms with E-state index in [0.29, 0.717) is 11.1 Å². The van der Waals surface area contributed by atoms with Crippen LogP contribution in [0.3, 0.4) is 0 Å². The Morgan fingerprint density at radius 3 is 2.09 bits per heavy atom. The Bertz CT molecular complexity index is 2530. The Morgan fingerprint density at radius 1 is 0.500 bits per heavy atom. The molecule has 0 bridgehead atoms. The number of benzene rings is 5. The minimum Gasteiger partial charge on any atom is -0.309 e. The Morgan fingerprint density at radius 2 is 1.26 bits per heavy atom. The molecule has 0 fully saturated rings. The Labute approximate surface area is 264 Å². The zero-order valence-corrected chi connectivity index (χ0v) is 24.8. The first-order chi connectivity index (χ1) is 22.8. The molecule has 0 aliphatic heterocycles. The maximum absolute atomic E-state index is 16.5. The standard InChI is InChI=1S/C41H27FN4/c42-40(28-12-10-11-27(25-28)34-16-6-8-23-43-34)29-19-20-31-32-21-22-36-39(41(32)46(37(31)26-29)38-18-7-9-24-44-38)33-15-4-5-17-35(33)45(36)30-13-2-1-3-14-30/h1-26,40H. The van der Waals surface area contributed by atoms with Crippen molar-refractivity contribution in [2.24, 2.45) is 0 Å². The van der Waals surface area contributed by atoms with Gasteiger partial charge in [-0.1, -0.05) is 84.9 Å². The zero-order valence-electron chi connectivity index (χ0n) is 24.8. The average Bonchev–Trinajstić information content (AvgIpc) is 3.65. The van der Waals surface area contributed by atoms with Crippen LogP contribution in [0, 0.1) is 0 Å². The van der Waals surface area contributed by atoms with Crippen molar-refractivity contribution in [2.45, 2.75) is 6.17 Å². The molecule has 0 aliphatic carbocycles. The first-order valence-electron chi connectivity index (χ1n) is 15.4. The molecule has 9 rings (SSSR count). The SMILES string of the molecule is FC(c1cccc(-c2ccccn2)c1)c1ccc2c3ccc4c(c5ccccc5n4-c4ccccc4)c3n(-c3ccccn3)c2c1. The van der Waals surface area contributed by atoms with Crippen LogP contribution in [0.25, 0.3) is 66.4 Å². The van der Waals surface area contributed by atoms with Crippen molar-refractivity contribution >= 4 is 43.6 Å². The van der Waals surface area contributed by atoms with Crippen LogP contribution in [0.4, 0.5) is 4.39 Å². The molecule has 0 N–H and O–H groups in total. The quantitative estimate of drug-likeness (QED) is 0.199. The third-order valence-electron chi connectivity index (χ3n) is 8.91. The maximum atomic E-state index is 16.5. The molecule has 1 unspecified atom stereocenters. The molecular weight excluding hydrogens is 567 g/mol. The topological polar surface area (TPSA) is 35.6 Å². The van der Waals surface area contributed by atoms with Crippen LogP contribution in [0.15, 0.2) is 158 Å². The first kappa shape index (κ1) is 26.3. The van der Waals surface area contributed by atoms with Crippen LogP contribution in [-0.2, 0) is 0 Å². The highest BCUT2D eigenvalue weighted by Gasteiger charge is 2.23. The fourth-order valence-electron chi connectivity index (χ4n) is 6.89. The molecule has 9 aromatic rings. The molecule has 5 heteroatoms. The number of nitrogens with zero attached hydrogens (tertiary/aromatic N) is 4. The van der Waals surface area contributed by atoms with Crippen molar-refractivity contribution in [2.75, 3.05) is 0 Å². The average molecular weight is 595 g/mol. The highest BCUT2D eigenvalue weighted by Crippen LogP contribution is 2.42. The molecule has 218 valence electrons. The van der Waals surface area contributed by atoms with Gasteiger partial charge in [0.1, 0.15) is 5.82 Å². The Kier molecular flexibility index (Phi) is 6.03. The van der Waals surface area contributed by atoms with Crippen molar-refractivity contribution in [3.63, 3.8) is 0 Å². The van der Waals surface area contributed by atoms with Crippen molar-refractivity contribution < 1.29 is 4.39 Å². The number of halogens is 1. The molecule has 0 radical (unpaired) electrons. The molecule has 4 aromatic heterocycles. The van der Waals surface area contributed by atoms with E-state index in [-0.39, 0.29) is 0 Å². The van der Waals surface area contributed by atoms with Gasteiger partial charge in [0, 0.05) is 45.2 Å². The third kappa shape index (κ3) is 4.06. The van der Waals surface area contributed by atoms with Gasteiger partial charge in [0.15, 0.2) is 6.17 Å². The molecule has 0 saturated carbocycles. The van der Waals surface area contributed by atoms with Crippen LogP contribution < -0.4 is 0 Å². The van der Waals surface area contributed by atoms with Gasteiger partial charge in [-0.2, -0.15) is 0 Å². The molecular formula is C41H27FN4. The minimum absolute atomic E-state index is 0.591. The second-order valence-electron chi connectivity index (χ2n) is 11.5. The molecule has 4 heterocycles. The maximum Gasteiger partial charge on any atom is 0.150 e. The van der Waals surface area contributed by atoms with E-state index < -0.39 is 6.17 Å². The van der Waals surface area contributed by atoms with Gasteiger partial charge in [0.25, 0.3) is 0 Å². The van der Waals surface area contributed by atoms with Crippen LogP contribution in [0.1, 0.15) is 17.3 Å². The highest BCUT2D eigenvalue weighted by atomic mass is 19.1. The van der Waals surface area contributed by atoms with E-state index in [2.05, 4.69) is 80.8 Å². The predicted molar refractivity (Wildman–Crippen MR) is 186 cm³/mol. The second kappa shape index (κ2) is 10.5.